The van der Waals surface area contributed by atoms with E-state index >= 15 is 0 Å². The average molecular weight is 336 g/mol. The third kappa shape index (κ3) is 4.51. The first-order chi connectivity index (χ1) is 10.7. The molecule has 1 saturated carbocycles. The normalized spacial score (nSPS) is 31.9. The molecule has 1 heterocycles. The van der Waals surface area contributed by atoms with Gasteiger partial charge < -0.3 is 15.3 Å². The van der Waals surface area contributed by atoms with Crippen molar-refractivity contribution in [1.29, 1.82) is 0 Å². The van der Waals surface area contributed by atoms with Gasteiger partial charge in [0.2, 0.25) is 0 Å². The Balaban J connectivity index is 1.89. The predicted molar refractivity (Wildman–Crippen MR) is 76.8 cm³/mol. The van der Waals surface area contributed by atoms with Crippen molar-refractivity contribution in [3.63, 3.8) is 0 Å². The number of halogens is 3. The van der Waals surface area contributed by atoms with Crippen molar-refractivity contribution in [2.45, 2.75) is 38.8 Å². The first-order valence-electron chi connectivity index (χ1n) is 8.00. The van der Waals surface area contributed by atoms with Gasteiger partial charge >= 0.3 is 18.2 Å². The summed E-state index contributed by atoms with van der Waals surface area (Å²) in [5.74, 6) is -4.15. The maximum Gasteiger partial charge on any atom is 0.394 e. The molecule has 2 rings (SSSR count). The molecule has 2 aliphatic rings. The Labute approximate surface area is 133 Å². The number of aliphatic carboxylic acids is 1. The Morgan fingerprint density at radius 3 is 2.48 bits per heavy atom. The van der Waals surface area contributed by atoms with Crippen LogP contribution < -0.4 is 5.32 Å². The van der Waals surface area contributed by atoms with Gasteiger partial charge in [-0.15, -0.1) is 0 Å². The highest BCUT2D eigenvalue weighted by Crippen LogP contribution is 2.37. The SMILES string of the molecule is CC1CCCC(CNC(=O)N2C[C@@H](C(F)(F)F)[C@H](C(=O)O)C2)C1. The summed E-state index contributed by atoms with van der Waals surface area (Å²) in [4.78, 5) is 24.0. The average Bonchev–Trinajstić information content (AvgIpc) is 2.90. The highest BCUT2D eigenvalue weighted by atomic mass is 19.4. The summed E-state index contributed by atoms with van der Waals surface area (Å²) in [5, 5.41) is 11.6. The summed E-state index contributed by atoms with van der Waals surface area (Å²) in [6.45, 7) is 1.60. The lowest BCUT2D eigenvalue weighted by Gasteiger charge is -2.27. The fourth-order valence-electron chi connectivity index (χ4n) is 3.64. The summed E-state index contributed by atoms with van der Waals surface area (Å²) in [6.07, 6.45) is -0.333. The zero-order valence-corrected chi connectivity index (χ0v) is 13.1. The molecule has 0 radical (unpaired) electrons. The second-order valence-corrected chi connectivity index (χ2v) is 6.82. The lowest BCUT2D eigenvalue weighted by atomic mass is 9.82. The van der Waals surface area contributed by atoms with Gasteiger partial charge in [-0.1, -0.05) is 19.8 Å². The summed E-state index contributed by atoms with van der Waals surface area (Å²) in [7, 11) is 0. The smallest absolute Gasteiger partial charge is 0.394 e. The number of carboxylic acids is 1. The molecule has 1 aliphatic heterocycles. The second kappa shape index (κ2) is 6.97. The van der Waals surface area contributed by atoms with Crippen molar-refractivity contribution in [2.24, 2.45) is 23.7 Å². The van der Waals surface area contributed by atoms with Crippen LogP contribution in [0, 0.1) is 23.7 Å². The van der Waals surface area contributed by atoms with E-state index in [2.05, 4.69) is 12.2 Å². The van der Waals surface area contributed by atoms with E-state index in [9.17, 15) is 22.8 Å². The standard InChI is InChI=1S/C15H23F3N2O3/c1-9-3-2-4-10(5-9)6-19-14(23)20-7-11(13(21)22)12(8-20)15(16,17)18/h9-12H,2-8H2,1H3,(H,19,23)(H,21,22)/t9?,10?,11-,12-/m1/s1. The number of carbonyl (C=O) groups excluding carboxylic acids is 1. The first-order valence-corrected chi connectivity index (χ1v) is 8.00. The maximum absolute atomic E-state index is 12.9. The quantitative estimate of drug-likeness (QED) is 0.832. The van der Waals surface area contributed by atoms with Crippen LogP contribution in [0.25, 0.3) is 0 Å². The van der Waals surface area contributed by atoms with E-state index in [0.717, 1.165) is 24.2 Å². The molecule has 2 amide bonds. The van der Waals surface area contributed by atoms with Crippen molar-refractivity contribution in [3.8, 4) is 0 Å². The number of likely N-dealkylation sites (tertiary alicyclic amines) is 1. The molecule has 0 aromatic rings. The second-order valence-electron chi connectivity index (χ2n) is 6.82. The molecule has 0 aromatic heterocycles. The molecule has 2 fully saturated rings. The van der Waals surface area contributed by atoms with E-state index in [1.54, 1.807) is 0 Å². The van der Waals surface area contributed by atoms with Crippen LogP contribution in [0.4, 0.5) is 18.0 Å². The Morgan fingerprint density at radius 2 is 1.96 bits per heavy atom. The third-order valence-corrected chi connectivity index (χ3v) is 4.93. The minimum absolute atomic E-state index is 0.346. The van der Waals surface area contributed by atoms with Crippen molar-refractivity contribution in [3.05, 3.63) is 0 Å². The molecule has 5 nitrogen and oxygen atoms in total. The van der Waals surface area contributed by atoms with Gasteiger partial charge in [0.05, 0.1) is 11.8 Å². The molecule has 0 bridgehead atoms. The van der Waals surface area contributed by atoms with Gasteiger partial charge in [-0.25, -0.2) is 4.79 Å². The van der Waals surface area contributed by atoms with Crippen molar-refractivity contribution in [2.75, 3.05) is 19.6 Å². The monoisotopic (exact) mass is 336 g/mol. The molecular formula is C15H23F3N2O3. The van der Waals surface area contributed by atoms with E-state index in [0.29, 0.717) is 18.4 Å². The van der Waals surface area contributed by atoms with Crippen LogP contribution in [0.3, 0.4) is 0 Å². The highest BCUT2D eigenvalue weighted by Gasteiger charge is 2.53. The van der Waals surface area contributed by atoms with Crippen LogP contribution in [-0.4, -0.2) is 47.8 Å². The summed E-state index contributed by atoms with van der Waals surface area (Å²) >= 11 is 0. The molecule has 1 saturated heterocycles. The lowest BCUT2D eigenvalue weighted by molar-refractivity contribution is -0.187. The zero-order valence-electron chi connectivity index (χ0n) is 13.1. The predicted octanol–water partition coefficient (Wildman–Crippen LogP) is 2.72. The number of amides is 2. The zero-order chi connectivity index (χ0) is 17.2. The molecule has 0 spiro atoms. The van der Waals surface area contributed by atoms with E-state index in [4.69, 9.17) is 5.11 Å². The van der Waals surface area contributed by atoms with Gasteiger partial charge in [-0.05, 0) is 24.7 Å². The number of urea groups is 1. The number of hydrogen-bond donors (Lipinski definition) is 2. The first kappa shape index (κ1) is 17.9. The maximum atomic E-state index is 12.9. The van der Waals surface area contributed by atoms with Gasteiger partial charge in [0.15, 0.2) is 0 Å². The minimum Gasteiger partial charge on any atom is -0.481 e. The van der Waals surface area contributed by atoms with Crippen LogP contribution in [0.1, 0.15) is 32.6 Å². The Bertz CT molecular complexity index is 456. The van der Waals surface area contributed by atoms with Crippen LogP contribution in [-0.2, 0) is 4.79 Å². The van der Waals surface area contributed by atoms with Crippen LogP contribution in [0.2, 0.25) is 0 Å². The highest BCUT2D eigenvalue weighted by molar-refractivity contribution is 5.77. The molecule has 8 heteroatoms. The van der Waals surface area contributed by atoms with Crippen molar-refractivity contribution >= 4 is 12.0 Å². The molecule has 4 atom stereocenters. The fraction of sp³-hybridized carbons (Fsp3) is 0.867. The van der Waals surface area contributed by atoms with Gasteiger partial charge in [0.1, 0.15) is 0 Å². The number of alkyl halides is 3. The van der Waals surface area contributed by atoms with Crippen LogP contribution >= 0.6 is 0 Å². The molecule has 2 N–H and O–H groups in total. The number of rotatable bonds is 3. The van der Waals surface area contributed by atoms with Crippen molar-refractivity contribution < 1.29 is 27.9 Å². The molecule has 1 aliphatic carbocycles. The van der Waals surface area contributed by atoms with Crippen molar-refractivity contribution in [1.82, 2.24) is 10.2 Å². The van der Waals surface area contributed by atoms with Gasteiger partial charge in [-0.2, -0.15) is 13.2 Å². The van der Waals surface area contributed by atoms with E-state index in [-0.39, 0.29) is 0 Å². The number of hydrogen-bond acceptors (Lipinski definition) is 2. The van der Waals surface area contributed by atoms with E-state index in [1.165, 1.54) is 6.42 Å². The third-order valence-electron chi connectivity index (χ3n) is 4.93. The topological polar surface area (TPSA) is 69.6 Å². The summed E-state index contributed by atoms with van der Waals surface area (Å²) < 4.78 is 38.7. The van der Waals surface area contributed by atoms with Gasteiger partial charge in [0, 0.05) is 19.6 Å². The van der Waals surface area contributed by atoms with E-state index in [1.807, 2.05) is 0 Å². The lowest BCUT2D eigenvalue weighted by Crippen LogP contribution is -2.42. The fourth-order valence-corrected chi connectivity index (χ4v) is 3.64. The van der Waals surface area contributed by atoms with Crippen LogP contribution in [0.5, 0.6) is 0 Å². The minimum atomic E-state index is -4.61. The summed E-state index contributed by atoms with van der Waals surface area (Å²) in [5.41, 5.74) is 0. The Kier molecular flexibility index (Phi) is 5.41. The summed E-state index contributed by atoms with van der Waals surface area (Å²) in [6, 6.07) is -0.596. The molecule has 132 valence electrons. The molecular weight excluding hydrogens is 313 g/mol. The number of nitrogens with zero attached hydrogens (tertiary/aromatic N) is 1. The molecule has 2 unspecified atom stereocenters. The number of nitrogens with one attached hydrogen (secondary N) is 1. The van der Waals surface area contributed by atoms with E-state index < -0.39 is 43.1 Å². The molecule has 23 heavy (non-hydrogen) atoms. The number of carboxylic acid groups (broad SMARTS) is 1. The Hall–Kier alpha value is -1.47. The Morgan fingerprint density at radius 1 is 1.26 bits per heavy atom. The molecule has 0 aromatic carbocycles. The van der Waals surface area contributed by atoms with Gasteiger partial charge in [0.25, 0.3) is 0 Å². The van der Waals surface area contributed by atoms with Gasteiger partial charge in [-0.3, -0.25) is 4.79 Å². The largest absolute Gasteiger partial charge is 0.481 e. The number of carbonyl (C=O) groups is 2. The van der Waals surface area contributed by atoms with Crippen LogP contribution in [0.15, 0.2) is 0 Å².